The van der Waals surface area contributed by atoms with Crippen molar-refractivity contribution < 1.29 is 4.79 Å². The second kappa shape index (κ2) is 7.94. The molecular formula is C20H24N8O. The van der Waals surface area contributed by atoms with Gasteiger partial charge in [0.2, 0.25) is 11.9 Å². The standard InChI is InChI=1S/C20H24N8O/c1-13-10-14(2)25-20(24-13)26-19(29)16-4-7-27(8-5-16)17-11-18(23-12-22-17)28-9-6-21-15(28)3/h6,9-12,16H,4-5,7-8H2,1-3H3,(H,24,25,26,29). The zero-order valence-corrected chi connectivity index (χ0v) is 16.8. The molecule has 1 N–H and O–H groups in total. The van der Waals surface area contributed by atoms with Crippen LogP contribution in [0.25, 0.3) is 5.82 Å². The van der Waals surface area contributed by atoms with Gasteiger partial charge in [-0.1, -0.05) is 0 Å². The van der Waals surface area contributed by atoms with E-state index >= 15 is 0 Å². The molecule has 0 aliphatic carbocycles. The fraction of sp³-hybridized carbons (Fsp3) is 0.400. The van der Waals surface area contributed by atoms with Crippen LogP contribution in [0.5, 0.6) is 0 Å². The van der Waals surface area contributed by atoms with Gasteiger partial charge >= 0.3 is 0 Å². The van der Waals surface area contributed by atoms with E-state index in [1.54, 1.807) is 12.5 Å². The molecule has 0 radical (unpaired) electrons. The van der Waals surface area contributed by atoms with E-state index in [9.17, 15) is 4.79 Å². The van der Waals surface area contributed by atoms with Gasteiger partial charge < -0.3 is 4.90 Å². The van der Waals surface area contributed by atoms with Crippen LogP contribution in [-0.4, -0.2) is 48.5 Å². The summed E-state index contributed by atoms with van der Waals surface area (Å²) in [6.07, 6.45) is 6.70. The molecule has 0 spiro atoms. The average molecular weight is 392 g/mol. The highest BCUT2D eigenvalue weighted by Crippen LogP contribution is 2.24. The van der Waals surface area contributed by atoms with Crippen molar-refractivity contribution in [2.24, 2.45) is 5.92 Å². The van der Waals surface area contributed by atoms with Crippen LogP contribution in [0.1, 0.15) is 30.1 Å². The molecule has 0 unspecified atom stereocenters. The molecule has 1 amide bonds. The third-order valence-electron chi connectivity index (χ3n) is 5.12. The molecule has 4 rings (SSSR count). The van der Waals surface area contributed by atoms with Crippen LogP contribution in [0.4, 0.5) is 11.8 Å². The summed E-state index contributed by atoms with van der Waals surface area (Å²) < 4.78 is 1.93. The van der Waals surface area contributed by atoms with Crippen molar-refractivity contribution >= 4 is 17.7 Å². The van der Waals surface area contributed by atoms with E-state index in [0.717, 1.165) is 54.8 Å². The summed E-state index contributed by atoms with van der Waals surface area (Å²) in [6.45, 7) is 7.23. The Kier molecular flexibility index (Phi) is 5.20. The fourth-order valence-corrected chi connectivity index (χ4v) is 3.63. The fourth-order valence-electron chi connectivity index (χ4n) is 3.63. The lowest BCUT2D eigenvalue weighted by molar-refractivity contribution is -0.120. The minimum Gasteiger partial charge on any atom is -0.356 e. The Hall–Kier alpha value is -3.36. The Morgan fingerprint density at radius 2 is 1.69 bits per heavy atom. The first-order valence-corrected chi connectivity index (χ1v) is 9.70. The highest BCUT2D eigenvalue weighted by molar-refractivity contribution is 5.91. The van der Waals surface area contributed by atoms with Crippen LogP contribution in [0.2, 0.25) is 0 Å². The molecule has 1 fully saturated rings. The maximum atomic E-state index is 12.6. The van der Waals surface area contributed by atoms with Gasteiger partial charge in [0.15, 0.2) is 0 Å². The van der Waals surface area contributed by atoms with Crippen LogP contribution in [-0.2, 0) is 4.79 Å². The molecule has 9 heteroatoms. The number of piperidine rings is 1. The SMILES string of the molecule is Cc1cc(C)nc(NC(=O)C2CCN(c3cc(-n4ccnc4C)ncn3)CC2)n1. The number of hydrogen-bond acceptors (Lipinski definition) is 7. The smallest absolute Gasteiger partial charge is 0.229 e. The number of aromatic nitrogens is 6. The molecule has 1 aliphatic rings. The van der Waals surface area contributed by atoms with E-state index in [1.165, 1.54) is 0 Å². The molecule has 0 aromatic carbocycles. The summed E-state index contributed by atoms with van der Waals surface area (Å²) in [7, 11) is 0. The van der Waals surface area contributed by atoms with Gasteiger partial charge in [-0.05, 0) is 39.7 Å². The quantitative estimate of drug-likeness (QED) is 0.726. The van der Waals surface area contributed by atoms with Gasteiger partial charge in [-0.3, -0.25) is 14.7 Å². The number of amides is 1. The first kappa shape index (κ1) is 19.0. The molecule has 1 aliphatic heterocycles. The van der Waals surface area contributed by atoms with Gasteiger partial charge in [-0.25, -0.2) is 24.9 Å². The lowest BCUT2D eigenvalue weighted by Crippen LogP contribution is -2.38. The van der Waals surface area contributed by atoms with E-state index in [0.29, 0.717) is 5.95 Å². The number of imidazole rings is 1. The second-order valence-electron chi connectivity index (χ2n) is 7.30. The lowest BCUT2D eigenvalue weighted by Gasteiger charge is -2.32. The van der Waals surface area contributed by atoms with E-state index in [4.69, 9.17) is 0 Å². The maximum Gasteiger partial charge on any atom is 0.229 e. The highest BCUT2D eigenvalue weighted by Gasteiger charge is 2.26. The maximum absolute atomic E-state index is 12.6. The number of aryl methyl sites for hydroxylation is 3. The number of anilines is 2. The van der Waals surface area contributed by atoms with Crippen LogP contribution < -0.4 is 10.2 Å². The average Bonchev–Trinajstić information content (AvgIpc) is 3.13. The molecule has 0 bridgehead atoms. The number of rotatable bonds is 4. The number of hydrogen-bond donors (Lipinski definition) is 1. The van der Waals surface area contributed by atoms with E-state index in [2.05, 4.69) is 35.1 Å². The van der Waals surface area contributed by atoms with Crippen molar-refractivity contribution in [1.82, 2.24) is 29.5 Å². The monoisotopic (exact) mass is 392 g/mol. The number of carbonyl (C=O) groups excluding carboxylic acids is 1. The molecular weight excluding hydrogens is 368 g/mol. The topological polar surface area (TPSA) is 102 Å². The zero-order chi connectivity index (χ0) is 20.4. The van der Waals surface area contributed by atoms with Gasteiger partial charge in [0, 0.05) is 48.9 Å². The van der Waals surface area contributed by atoms with Crippen molar-refractivity contribution in [2.75, 3.05) is 23.3 Å². The largest absolute Gasteiger partial charge is 0.356 e. The van der Waals surface area contributed by atoms with Gasteiger partial charge in [0.1, 0.15) is 23.8 Å². The minimum absolute atomic E-state index is 0.0212. The van der Waals surface area contributed by atoms with Crippen LogP contribution in [0.3, 0.4) is 0 Å². The number of nitrogens with zero attached hydrogens (tertiary/aromatic N) is 7. The Bertz CT molecular complexity index is 1000. The highest BCUT2D eigenvalue weighted by atomic mass is 16.2. The predicted molar refractivity (Wildman–Crippen MR) is 109 cm³/mol. The molecule has 1 saturated heterocycles. The summed E-state index contributed by atoms with van der Waals surface area (Å²) in [5.74, 6) is 2.82. The molecule has 29 heavy (non-hydrogen) atoms. The summed E-state index contributed by atoms with van der Waals surface area (Å²) in [5.41, 5.74) is 1.69. The molecule has 0 atom stereocenters. The number of nitrogens with one attached hydrogen (secondary N) is 1. The Morgan fingerprint density at radius 3 is 2.34 bits per heavy atom. The molecule has 150 valence electrons. The molecule has 3 aromatic heterocycles. The third kappa shape index (κ3) is 4.23. The summed E-state index contributed by atoms with van der Waals surface area (Å²) in [5, 5.41) is 2.87. The normalized spacial score (nSPS) is 14.8. The van der Waals surface area contributed by atoms with Crippen molar-refractivity contribution in [3.8, 4) is 5.82 Å². The van der Waals surface area contributed by atoms with Gasteiger partial charge in [0.25, 0.3) is 0 Å². The van der Waals surface area contributed by atoms with Gasteiger partial charge in [0.05, 0.1) is 0 Å². The number of carbonyl (C=O) groups is 1. The first-order valence-electron chi connectivity index (χ1n) is 9.70. The molecule has 9 nitrogen and oxygen atoms in total. The molecule has 3 aromatic rings. The van der Waals surface area contributed by atoms with Crippen molar-refractivity contribution in [3.63, 3.8) is 0 Å². The van der Waals surface area contributed by atoms with Gasteiger partial charge in [-0.2, -0.15) is 0 Å². The van der Waals surface area contributed by atoms with Crippen LogP contribution in [0, 0.1) is 26.7 Å². The van der Waals surface area contributed by atoms with Crippen molar-refractivity contribution in [3.05, 3.63) is 48.1 Å². The third-order valence-corrected chi connectivity index (χ3v) is 5.12. The Labute approximate surface area is 169 Å². The van der Waals surface area contributed by atoms with Crippen molar-refractivity contribution in [2.45, 2.75) is 33.6 Å². The second-order valence-corrected chi connectivity index (χ2v) is 7.30. The minimum atomic E-state index is -0.0622. The van der Waals surface area contributed by atoms with Crippen LogP contribution in [0.15, 0.2) is 30.9 Å². The summed E-state index contributed by atoms with van der Waals surface area (Å²) >= 11 is 0. The van der Waals surface area contributed by atoms with E-state index in [1.807, 2.05) is 43.7 Å². The Morgan fingerprint density at radius 1 is 1.00 bits per heavy atom. The van der Waals surface area contributed by atoms with Crippen molar-refractivity contribution in [1.29, 1.82) is 0 Å². The van der Waals surface area contributed by atoms with E-state index in [-0.39, 0.29) is 11.8 Å². The van der Waals surface area contributed by atoms with Gasteiger partial charge in [-0.15, -0.1) is 0 Å². The van der Waals surface area contributed by atoms with Crippen LogP contribution >= 0.6 is 0 Å². The summed E-state index contributed by atoms with van der Waals surface area (Å²) in [6, 6.07) is 3.84. The van der Waals surface area contributed by atoms with E-state index < -0.39 is 0 Å². The molecule has 4 heterocycles. The summed E-state index contributed by atoms with van der Waals surface area (Å²) in [4.78, 5) is 36.4. The molecule has 0 saturated carbocycles. The zero-order valence-electron chi connectivity index (χ0n) is 16.8. The first-order chi connectivity index (χ1) is 14.0. The lowest BCUT2D eigenvalue weighted by atomic mass is 9.96. The Balaban J connectivity index is 1.39. The predicted octanol–water partition coefficient (Wildman–Crippen LogP) is 2.23.